The molecule has 0 amide bonds. The predicted molar refractivity (Wildman–Crippen MR) is 89.9 cm³/mol. The molecule has 2 aromatic carbocycles. The van der Waals surface area contributed by atoms with Crippen LogP contribution < -0.4 is 0 Å². The van der Waals surface area contributed by atoms with Crippen LogP contribution in [-0.2, 0) is 14.3 Å². The Morgan fingerprint density at radius 1 is 1.13 bits per heavy atom. The molecular weight excluding hydrogens is 288 g/mol. The van der Waals surface area contributed by atoms with E-state index in [0.717, 1.165) is 11.1 Å². The van der Waals surface area contributed by atoms with Crippen LogP contribution in [0.25, 0.3) is 5.76 Å². The third-order valence-corrected chi connectivity index (χ3v) is 4.00. The molecule has 0 bridgehead atoms. The summed E-state index contributed by atoms with van der Waals surface area (Å²) in [4.78, 5) is 12.5. The molecule has 0 spiro atoms. The lowest BCUT2D eigenvalue weighted by Crippen LogP contribution is -2.14. The van der Waals surface area contributed by atoms with E-state index in [1.807, 2.05) is 44.2 Å². The fourth-order valence-corrected chi connectivity index (χ4v) is 2.82. The zero-order valence-corrected chi connectivity index (χ0v) is 13.4. The zero-order valence-electron chi connectivity index (χ0n) is 13.4. The summed E-state index contributed by atoms with van der Waals surface area (Å²) in [6.07, 6.45) is 0. The Morgan fingerprint density at radius 3 is 2.48 bits per heavy atom. The maximum absolute atomic E-state index is 12.5. The van der Waals surface area contributed by atoms with Gasteiger partial charge in [-0.05, 0) is 19.4 Å². The number of rotatable bonds is 4. The summed E-state index contributed by atoms with van der Waals surface area (Å²) in [5.74, 6) is 0.244. The average Bonchev–Trinajstić information content (AvgIpc) is 3.01. The van der Waals surface area contributed by atoms with Gasteiger partial charge < -0.3 is 9.47 Å². The van der Waals surface area contributed by atoms with Crippen molar-refractivity contribution in [2.45, 2.75) is 19.8 Å². The van der Waals surface area contributed by atoms with E-state index in [9.17, 15) is 4.79 Å². The second kappa shape index (κ2) is 6.69. The zero-order chi connectivity index (χ0) is 16.2. The number of ether oxygens (including phenoxy) is 2. The summed E-state index contributed by atoms with van der Waals surface area (Å²) in [7, 11) is 0. The van der Waals surface area contributed by atoms with Gasteiger partial charge in [0.25, 0.3) is 0 Å². The summed E-state index contributed by atoms with van der Waals surface area (Å²) >= 11 is 0. The van der Waals surface area contributed by atoms with Crippen LogP contribution >= 0.6 is 0 Å². The van der Waals surface area contributed by atoms with Gasteiger partial charge in [-0.1, -0.05) is 60.2 Å². The molecule has 1 heterocycles. The van der Waals surface area contributed by atoms with Gasteiger partial charge in [0.05, 0.1) is 24.7 Å². The molecule has 3 heteroatoms. The fourth-order valence-electron chi connectivity index (χ4n) is 2.82. The van der Waals surface area contributed by atoms with Gasteiger partial charge in [0.2, 0.25) is 0 Å². The van der Waals surface area contributed by atoms with Crippen molar-refractivity contribution >= 4 is 11.7 Å². The normalized spacial score (nSPS) is 17.0. The highest BCUT2D eigenvalue weighted by molar-refractivity contribution is 5.99. The minimum atomic E-state index is -0.297. The minimum absolute atomic E-state index is 0.0927. The van der Waals surface area contributed by atoms with E-state index in [-0.39, 0.29) is 11.9 Å². The van der Waals surface area contributed by atoms with Crippen LogP contribution in [0.15, 0.2) is 60.2 Å². The molecule has 0 aliphatic carbocycles. The SMILES string of the molecule is CCOC(=O)C1=C(c2ccccc2)OCC1c1ccc(C)cc1. The van der Waals surface area contributed by atoms with Crippen LogP contribution in [0, 0.1) is 6.92 Å². The van der Waals surface area contributed by atoms with Crippen LogP contribution in [0.1, 0.15) is 29.5 Å². The quantitative estimate of drug-likeness (QED) is 0.798. The molecule has 0 fully saturated rings. The van der Waals surface area contributed by atoms with Gasteiger partial charge >= 0.3 is 5.97 Å². The number of hydrogen-bond acceptors (Lipinski definition) is 3. The monoisotopic (exact) mass is 308 g/mol. The first kappa shape index (κ1) is 15.3. The molecule has 0 saturated carbocycles. The second-order valence-electron chi connectivity index (χ2n) is 5.60. The fraction of sp³-hybridized carbons (Fsp3) is 0.250. The molecule has 3 rings (SSSR count). The van der Waals surface area contributed by atoms with Gasteiger partial charge in [0.15, 0.2) is 0 Å². The van der Waals surface area contributed by atoms with Gasteiger partial charge in [-0.25, -0.2) is 4.79 Å². The molecular formula is C20H20O3. The Balaban J connectivity index is 2.05. The number of hydrogen-bond donors (Lipinski definition) is 0. The molecule has 3 nitrogen and oxygen atoms in total. The average molecular weight is 308 g/mol. The molecule has 1 aliphatic heterocycles. The smallest absolute Gasteiger partial charge is 0.338 e. The topological polar surface area (TPSA) is 35.5 Å². The van der Waals surface area contributed by atoms with E-state index < -0.39 is 0 Å². The molecule has 0 N–H and O–H groups in total. The van der Waals surface area contributed by atoms with Gasteiger partial charge in [-0.3, -0.25) is 0 Å². The predicted octanol–water partition coefficient (Wildman–Crippen LogP) is 4.08. The Morgan fingerprint density at radius 2 is 1.83 bits per heavy atom. The third-order valence-electron chi connectivity index (χ3n) is 4.00. The number of esters is 1. The highest BCUT2D eigenvalue weighted by Crippen LogP contribution is 2.39. The van der Waals surface area contributed by atoms with Crippen molar-refractivity contribution in [1.82, 2.24) is 0 Å². The van der Waals surface area contributed by atoms with E-state index in [1.54, 1.807) is 0 Å². The number of carbonyl (C=O) groups excluding carboxylic acids is 1. The lowest BCUT2D eigenvalue weighted by molar-refractivity contribution is -0.138. The summed E-state index contributed by atoms with van der Waals surface area (Å²) in [5.41, 5.74) is 3.79. The van der Waals surface area contributed by atoms with E-state index >= 15 is 0 Å². The van der Waals surface area contributed by atoms with Crippen molar-refractivity contribution in [3.05, 3.63) is 76.9 Å². The standard InChI is InChI=1S/C20H20O3/c1-3-22-20(21)18-17(15-11-9-14(2)10-12-15)13-23-19(18)16-7-5-4-6-8-16/h4-12,17H,3,13H2,1-2H3. The largest absolute Gasteiger partial charge is 0.491 e. The van der Waals surface area contributed by atoms with Crippen LogP contribution in [0.5, 0.6) is 0 Å². The van der Waals surface area contributed by atoms with Crippen LogP contribution in [-0.4, -0.2) is 19.2 Å². The van der Waals surface area contributed by atoms with Crippen LogP contribution in [0.3, 0.4) is 0 Å². The lowest BCUT2D eigenvalue weighted by atomic mass is 9.91. The van der Waals surface area contributed by atoms with Crippen LogP contribution in [0.2, 0.25) is 0 Å². The molecule has 0 aromatic heterocycles. The van der Waals surface area contributed by atoms with E-state index in [0.29, 0.717) is 24.5 Å². The summed E-state index contributed by atoms with van der Waals surface area (Å²) in [5, 5.41) is 0. The minimum Gasteiger partial charge on any atom is -0.491 e. The maximum Gasteiger partial charge on any atom is 0.338 e. The summed E-state index contributed by atoms with van der Waals surface area (Å²) in [6.45, 7) is 4.68. The molecule has 118 valence electrons. The first-order chi connectivity index (χ1) is 11.2. The van der Waals surface area contributed by atoms with Gasteiger partial charge in [-0.2, -0.15) is 0 Å². The van der Waals surface area contributed by atoms with E-state index in [4.69, 9.17) is 9.47 Å². The Labute approximate surface area is 136 Å². The van der Waals surface area contributed by atoms with Crippen molar-refractivity contribution in [3.8, 4) is 0 Å². The highest BCUT2D eigenvalue weighted by Gasteiger charge is 2.35. The van der Waals surface area contributed by atoms with Crippen LogP contribution in [0.4, 0.5) is 0 Å². The molecule has 1 atom stereocenters. The summed E-state index contributed by atoms with van der Waals surface area (Å²) in [6, 6.07) is 17.9. The first-order valence-corrected chi connectivity index (χ1v) is 7.86. The van der Waals surface area contributed by atoms with Crippen molar-refractivity contribution in [1.29, 1.82) is 0 Å². The Hall–Kier alpha value is -2.55. The Bertz CT molecular complexity index is 714. The van der Waals surface area contributed by atoms with E-state index in [2.05, 4.69) is 24.3 Å². The van der Waals surface area contributed by atoms with Gasteiger partial charge in [-0.15, -0.1) is 0 Å². The van der Waals surface area contributed by atoms with Crippen molar-refractivity contribution < 1.29 is 14.3 Å². The number of benzene rings is 2. The highest BCUT2D eigenvalue weighted by atomic mass is 16.5. The second-order valence-corrected chi connectivity index (χ2v) is 5.60. The number of carbonyl (C=O) groups is 1. The van der Waals surface area contributed by atoms with Crippen molar-refractivity contribution in [3.63, 3.8) is 0 Å². The van der Waals surface area contributed by atoms with E-state index in [1.165, 1.54) is 5.56 Å². The molecule has 1 aliphatic rings. The number of aryl methyl sites for hydroxylation is 1. The van der Waals surface area contributed by atoms with Gasteiger partial charge in [0.1, 0.15) is 5.76 Å². The first-order valence-electron chi connectivity index (χ1n) is 7.86. The summed E-state index contributed by atoms with van der Waals surface area (Å²) < 4.78 is 11.2. The molecule has 0 saturated heterocycles. The van der Waals surface area contributed by atoms with Crippen molar-refractivity contribution in [2.24, 2.45) is 0 Å². The molecule has 23 heavy (non-hydrogen) atoms. The Kier molecular flexibility index (Phi) is 4.47. The maximum atomic E-state index is 12.5. The third kappa shape index (κ3) is 3.14. The lowest BCUT2D eigenvalue weighted by Gasteiger charge is -2.12. The molecule has 0 radical (unpaired) electrons. The van der Waals surface area contributed by atoms with Gasteiger partial charge in [0, 0.05) is 5.56 Å². The molecule has 1 unspecified atom stereocenters. The van der Waals surface area contributed by atoms with Crippen molar-refractivity contribution in [2.75, 3.05) is 13.2 Å². The molecule has 2 aromatic rings.